The van der Waals surface area contributed by atoms with Crippen LogP contribution in [0.5, 0.6) is 0 Å². The Hall–Kier alpha value is -4.27. The van der Waals surface area contributed by atoms with E-state index in [0.29, 0.717) is 36.1 Å². The van der Waals surface area contributed by atoms with E-state index < -0.39 is 12.0 Å². The van der Waals surface area contributed by atoms with Crippen LogP contribution in [0.15, 0.2) is 48.7 Å². The molecule has 1 fully saturated rings. The standard InChI is InChI=1S/C28H31N5O4/c1-16(2)22-15-29-25(14-17(22)3)32-28(37)33-13-5-6-24(33)26(34)31-20-9-7-19(8-10-20)21-11-12-23(27(35)36)30-18(21)4/h7-12,14-16,24H,5-6,13H2,1-4H3,(H,31,34)(H,35,36)(H,29,32,37)/t24-/m1/s1. The predicted molar refractivity (Wildman–Crippen MR) is 142 cm³/mol. The minimum Gasteiger partial charge on any atom is -0.477 e. The quantitative estimate of drug-likeness (QED) is 0.425. The molecule has 1 aliphatic rings. The molecule has 1 atom stereocenters. The fourth-order valence-electron chi connectivity index (χ4n) is 4.65. The molecular weight excluding hydrogens is 470 g/mol. The zero-order valence-corrected chi connectivity index (χ0v) is 21.4. The van der Waals surface area contributed by atoms with Gasteiger partial charge in [0.05, 0.1) is 0 Å². The van der Waals surface area contributed by atoms with E-state index in [-0.39, 0.29) is 17.6 Å². The molecule has 3 N–H and O–H groups in total. The van der Waals surface area contributed by atoms with Gasteiger partial charge in [0, 0.05) is 29.7 Å². The van der Waals surface area contributed by atoms with Gasteiger partial charge in [0.15, 0.2) is 0 Å². The molecule has 4 rings (SSSR count). The van der Waals surface area contributed by atoms with Crippen LogP contribution in [-0.4, -0.2) is 50.5 Å². The molecule has 3 aromatic rings. The number of hydrogen-bond acceptors (Lipinski definition) is 5. The minimum absolute atomic E-state index is 0.00576. The second kappa shape index (κ2) is 10.8. The van der Waals surface area contributed by atoms with Gasteiger partial charge in [-0.2, -0.15) is 0 Å². The molecule has 1 aromatic carbocycles. The monoisotopic (exact) mass is 501 g/mol. The highest BCUT2D eigenvalue weighted by atomic mass is 16.4. The Balaban J connectivity index is 1.41. The molecule has 9 heteroatoms. The van der Waals surface area contributed by atoms with Crippen molar-refractivity contribution < 1.29 is 19.5 Å². The first-order valence-corrected chi connectivity index (χ1v) is 12.3. The van der Waals surface area contributed by atoms with E-state index in [2.05, 4.69) is 34.4 Å². The summed E-state index contributed by atoms with van der Waals surface area (Å²) in [4.78, 5) is 47.2. The summed E-state index contributed by atoms with van der Waals surface area (Å²) in [7, 11) is 0. The van der Waals surface area contributed by atoms with Crippen molar-refractivity contribution in [3.63, 3.8) is 0 Å². The number of carboxylic acid groups (broad SMARTS) is 1. The zero-order chi connectivity index (χ0) is 26.7. The van der Waals surface area contributed by atoms with Crippen LogP contribution < -0.4 is 10.6 Å². The summed E-state index contributed by atoms with van der Waals surface area (Å²) in [5, 5.41) is 14.9. The highest BCUT2D eigenvalue weighted by Gasteiger charge is 2.34. The summed E-state index contributed by atoms with van der Waals surface area (Å²) in [5.41, 5.74) is 5.06. The number of carboxylic acids is 1. The van der Waals surface area contributed by atoms with Gasteiger partial charge in [0.25, 0.3) is 0 Å². The fraction of sp³-hybridized carbons (Fsp3) is 0.321. The summed E-state index contributed by atoms with van der Waals surface area (Å²) in [6.07, 6.45) is 3.10. The smallest absolute Gasteiger partial charge is 0.354 e. The van der Waals surface area contributed by atoms with E-state index in [1.54, 1.807) is 36.2 Å². The molecule has 0 saturated carbocycles. The van der Waals surface area contributed by atoms with Crippen molar-refractivity contribution in [2.75, 3.05) is 17.2 Å². The van der Waals surface area contributed by atoms with Crippen molar-refractivity contribution in [1.82, 2.24) is 14.9 Å². The lowest BCUT2D eigenvalue weighted by Crippen LogP contribution is -2.45. The molecule has 0 aliphatic carbocycles. The number of carbonyl (C=O) groups is 3. The Morgan fingerprint density at radius 3 is 2.41 bits per heavy atom. The molecule has 1 saturated heterocycles. The van der Waals surface area contributed by atoms with Crippen LogP contribution in [0.3, 0.4) is 0 Å². The number of hydrogen-bond donors (Lipinski definition) is 3. The van der Waals surface area contributed by atoms with Gasteiger partial charge in [-0.1, -0.05) is 32.0 Å². The Bertz CT molecular complexity index is 1340. The third-order valence-corrected chi connectivity index (χ3v) is 6.59. The number of benzene rings is 1. The molecule has 37 heavy (non-hydrogen) atoms. The van der Waals surface area contributed by atoms with Gasteiger partial charge in [-0.05, 0) is 73.6 Å². The largest absolute Gasteiger partial charge is 0.477 e. The van der Waals surface area contributed by atoms with Crippen LogP contribution in [0.1, 0.15) is 59.9 Å². The maximum absolute atomic E-state index is 13.1. The predicted octanol–water partition coefficient (Wildman–Crippen LogP) is 5.22. The maximum Gasteiger partial charge on any atom is 0.354 e. The third-order valence-electron chi connectivity index (χ3n) is 6.59. The molecule has 3 amide bonds. The highest BCUT2D eigenvalue weighted by Crippen LogP contribution is 2.26. The molecule has 0 unspecified atom stereocenters. The third kappa shape index (κ3) is 5.77. The lowest BCUT2D eigenvalue weighted by atomic mass is 10.0. The summed E-state index contributed by atoms with van der Waals surface area (Å²) in [6, 6.07) is 11.4. The number of urea groups is 1. The van der Waals surface area contributed by atoms with Crippen LogP contribution in [0, 0.1) is 13.8 Å². The van der Waals surface area contributed by atoms with Gasteiger partial charge in [0.1, 0.15) is 17.6 Å². The first-order valence-electron chi connectivity index (χ1n) is 12.3. The summed E-state index contributed by atoms with van der Waals surface area (Å²) >= 11 is 0. The van der Waals surface area contributed by atoms with Crippen molar-refractivity contribution >= 4 is 29.4 Å². The molecule has 9 nitrogen and oxygen atoms in total. The summed E-state index contributed by atoms with van der Waals surface area (Å²) in [6.45, 7) is 8.43. The average Bonchev–Trinajstić information content (AvgIpc) is 3.35. The van der Waals surface area contributed by atoms with E-state index in [9.17, 15) is 14.4 Å². The number of nitrogens with one attached hydrogen (secondary N) is 2. The first-order chi connectivity index (χ1) is 17.6. The number of aryl methyl sites for hydroxylation is 2. The zero-order valence-electron chi connectivity index (χ0n) is 21.4. The van der Waals surface area contributed by atoms with Crippen LogP contribution in [-0.2, 0) is 4.79 Å². The van der Waals surface area contributed by atoms with E-state index in [1.165, 1.54) is 6.07 Å². The maximum atomic E-state index is 13.1. The normalized spacial score (nSPS) is 15.1. The molecule has 2 aromatic heterocycles. The Kier molecular flexibility index (Phi) is 7.52. The van der Waals surface area contributed by atoms with Gasteiger partial charge in [-0.3, -0.25) is 10.1 Å². The van der Waals surface area contributed by atoms with Crippen molar-refractivity contribution in [3.8, 4) is 11.1 Å². The van der Waals surface area contributed by atoms with E-state index in [4.69, 9.17) is 5.11 Å². The van der Waals surface area contributed by atoms with Crippen LogP contribution in [0.25, 0.3) is 11.1 Å². The lowest BCUT2D eigenvalue weighted by molar-refractivity contribution is -0.119. The summed E-state index contributed by atoms with van der Waals surface area (Å²) in [5.74, 6) is -0.507. The molecule has 0 bridgehead atoms. The van der Waals surface area contributed by atoms with Crippen LogP contribution in [0.4, 0.5) is 16.3 Å². The van der Waals surface area contributed by atoms with Gasteiger partial charge in [-0.25, -0.2) is 19.6 Å². The Morgan fingerprint density at radius 1 is 1.05 bits per heavy atom. The number of nitrogens with zero attached hydrogens (tertiary/aromatic N) is 3. The number of carbonyl (C=O) groups excluding carboxylic acids is 2. The van der Waals surface area contributed by atoms with Crippen molar-refractivity contribution in [1.29, 1.82) is 0 Å². The van der Waals surface area contributed by atoms with Gasteiger partial charge < -0.3 is 15.3 Å². The summed E-state index contributed by atoms with van der Waals surface area (Å²) < 4.78 is 0. The van der Waals surface area contributed by atoms with E-state index >= 15 is 0 Å². The van der Waals surface area contributed by atoms with Crippen molar-refractivity contribution in [3.05, 3.63) is 71.2 Å². The molecule has 1 aliphatic heterocycles. The Morgan fingerprint density at radius 2 is 1.78 bits per heavy atom. The van der Waals surface area contributed by atoms with Gasteiger partial charge >= 0.3 is 12.0 Å². The first kappa shape index (κ1) is 25.8. The molecular formula is C28H31N5O4. The average molecular weight is 502 g/mol. The molecule has 0 spiro atoms. The number of rotatable bonds is 6. The molecule has 3 heterocycles. The Labute approximate surface area is 215 Å². The lowest BCUT2D eigenvalue weighted by Gasteiger charge is -2.24. The van der Waals surface area contributed by atoms with Gasteiger partial charge in [0.2, 0.25) is 5.91 Å². The number of aromatic carboxylic acids is 1. The SMILES string of the molecule is Cc1cc(NC(=O)N2CCC[C@@H]2C(=O)Nc2ccc(-c3ccc(C(=O)O)nc3C)cc2)ncc1C(C)C. The van der Waals surface area contributed by atoms with Gasteiger partial charge in [-0.15, -0.1) is 0 Å². The minimum atomic E-state index is -1.07. The van der Waals surface area contributed by atoms with E-state index in [1.807, 2.05) is 25.1 Å². The second-order valence-corrected chi connectivity index (χ2v) is 9.56. The molecule has 0 radical (unpaired) electrons. The number of amides is 3. The van der Waals surface area contributed by atoms with Crippen LogP contribution in [0.2, 0.25) is 0 Å². The van der Waals surface area contributed by atoms with E-state index in [0.717, 1.165) is 28.7 Å². The molecule has 192 valence electrons. The highest BCUT2D eigenvalue weighted by molar-refractivity contribution is 5.99. The van der Waals surface area contributed by atoms with Crippen molar-refractivity contribution in [2.45, 2.75) is 52.5 Å². The number of pyridine rings is 2. The van der Waals surface area contributed by atoms with Crippen molar-refractivity contribution in [2.24, 2.45) is 0 Å². The topological polar surface area (TPSA) is 125 Å². The fourth-order valence-corrected chi connectivity index (χ4v) is 4.65. The number of anilines is 2. The van der Waals surface area contributed by atoms with Crippen LogP contribution >= 0.6 is 0 Å². The number of likely N-dealkylation sites (tertiary alicyclic amines) is 1. The second-order valence-electron chi connectivity index (χ2n) is 9.56. The number of aromatic nitrogens is 2.